The largest absolute Gasteiger partial charge is 0.352 e. The van der Waals surface area contributed by atoms with Crippen LogP contribution < -0.4 is 10.0 Å². The van der Waals surface area contributed by atoms with Gasteiger partial charge in [-0.15, -0.1) is 0 Å². The van der Waals surface area contributed by atoms with Crippen LogP contribution in [0.15, 0.2) is 24.3 Å². The second kappa shape index (κ2) is 9.18. The van der Waals surface area contributed by atoms with Crippen LogP contribution in [0.25, 0.3) is 0 Å². The minimum Gasteiger partial charge on any atom is -0.352 e. The van der Waals surface area contributed by atoms with Crippen molar-refractivity contribution in [1.82, 2.24) is 10.0 Å². The fraction of sp³-hybridized carbons (Fsp3) is 0.611. The first-order valence-electron chi connectivity index (χ1n) is 8.74. The molecule has 1 aliphatic rings. The van der Waals surface area contributed by atoms with E-state index in [0.29, 0.717) is 13.0 Å². The number of rotatable bonds is 8. The molecule has 2 rings (SSSR count). The Morgan fingerprint density at radius 1 is 1.08 bits per heavy atom. The molecular weight excluding hydrogens is 324 g/mol. The molecule has 134 valence electrons. The Morgan fingerprint density at radius 2 is 1.71 bits per heavy atom. The molecule has 1 aliphatic carbocycles. The lowest BCUT2D eigenvalue weighted by Gasteiger charge is -2.21. The molecule has 2 N–H and O–H groups in total. The van der Waals surface area contributed by atoms with Crippen molar-refractivity contribution in [3.63, 3.8) is 0 Å². The van der Waals surface area contributed by atoms with Gasteiger partial charge in [0.15, 0.2) is 0 Å². The topological polar surface area (TPSA) is 75.3 Å². The van der Waals surface area contributed by atoms with Gasteiger partial charge in [0, 0.05) is 13.0 Å². The van der Waals surface area contributed by atoms with Crippen LogP contribution in [0.2, 0.25) is 0 Å². The van der Waals surface area contributed by atoms with Crippen molar-refractivity contribution >= 4 is 15.9 Å². The van der Waals surface area contributed by atoms with E-state index in [4.69, 9.17) is 0 Å². The normalized spacial score (nSPS) is 16.0. The van der Waals surface area contributed by atoms with E-state index in [1.54, 1.807) is 12.1 Å². The number of hydrogen-bond donors (Lipinski definition) is 2. The van der Waals surface area contributed by atoms with E-state index in [1.807, 2.05) is 12.1 Å². The smallest absolute Gasteiger partial charge is 0.220 e. The number of amides is 1. The van der Waals surface area contributed by atoms with Gasteiger partial charge in [0.1, 0.15) is 0 Å². The van der Waals surface area contributed by atoms with Crippen LogP contribution in [0, 0.1) is 5.92 Å². The van der Waals surface area contributed by atoms with E-state index in [1.165, 1.54) is 39.2 Å². The molecule has 0 bridgehead atoms. The van der Waals surface area contributed by atoms with Crippen molar-refractivity contribution in [2.75, 3.05) is 7.05 Å². The van der Waals surface area contributed by atoms with Crippen molar-refractivity contribution < 1.29 is 13.2 Å². The highest BCUT2D eigenvalue weighted by atomic mass is 32.2. The van der Waals surface area contributed by atoms with Crippen molar-refractivity contribution in [3.8, 4) is 0 Å². The summed E-state index contributed by atoms with van der Waals surface area (Å²) in [6, 6.07) is 7.31. The Kier molecular flexibility index (Phi) is 7.24. The Bertz CT molecular complexity index is 620. The number of hydrogen-bond acceptors (Lipinski definition) is 3. The maximum atomic E-state index is 12.0. The number of carbonyl (C=O) groups excluding carboxylic acids is 1. The minimum atomic E-state index is -3.25. The molecule has 1 aromatic carbocycles. The zero-order valence-corrected chi connectivity index (χ0v) is 15.2. The third-order valence-corrected chi connectivity index (χ3v) is 6.02. The van der Waals surface area contributed by atoms with Gasteiger partial charge in [0.2, 0.25) is 15.9 Å². The molecule has 0 heterocycles. The molecule has 1 saturated carbocycles. The molecule has 0 unspecified atom stereocenters. The first kappa shape index (κ1) is 18.9. The summed E-state index contributed by atoms with van der Waals surface area (Å²) in [6.07, 6.45) is 8.09. The fourth-order valence-electron chi connectivity index (χ4n) is 3.14. The third-order valence-electron chi connectivity index (χ3n) is 4.68. The summed E-state index contributed by atoms with van der Waals surface area (Å²) < 4.78 is 25.3. The molecule has 0 spiro atoms. The van der Waals surface area contributed by atoms with Gasteiger partial charge in [-0.3, -0.25) is 4.79 Å². The van der Waals surface area contributed by atoms with Crippen molar-refractivity contribution in [3.05, 3.63) is 35.4 Å². The molecule has 5 nitrogen and oxygen atoms in total. The van der Waals surface area contributed by atoms with Crippen LogP contribution in [0.5, 0.6) is 0 Å². The zero-order chi connectivity index (χ0) is 17.4. The fourth-order valence-corrected chi connectivity index (χ4v) is 3.92. The zero-order valence-electron chi connectivity index (χ0n) is 14.4. The lowest BCUT2D eigenvalue weighted by atomic mass is 9.86. The molecule has 1 aromatic rings. The summed E-state index contributed by atoms with van der Waals surface area (Å²) in [7, 11) is -1.84. The number of nitrogens with one attached hydrogen (secondary N) is 2. The molecule has 0 atom stereocenters. The third kappa shape index (κ3) is 6.61. The van der Waals surface area contributed by atoms with Crippen LogP contribution in [-0.2, 0) is 27.1 Å². The minimum absolute atomic E-state index is 0.0302. The molecule has 0 aliphatic heterocycles. The molecule has 6 heteroatoms. The van der Waals surface area contributed by atoms with E-state index in [9.17, 15) is 13.2 Å². The summed E-state index contributed by atoms with van der Waals surface area (Å²) >= 11 is 0. The quantitative estimate of drug-likeness (QED) is 0.755. The predicted octanol–water partition coefficient (Wildman–Crippen LogP) is 2.71. The van der Waals surface area contributed by atoms with E-state index in [2.05, 4.69) is 10.0 Å². The van der Waals surface area contributed by atoms with E-state index in [0.717, 1.165) is 23.5 Å². The van der Waals surface area contributed by atoms with E-state index >= 15 is 0 Å². The first-order chi connectivity index (χ1) is 11.5. The van der Waals surface area contributed by atoms with Gasteiger partial charge in [-0.25, -0.2) is 13.1 Å². The van der Waals surface area contributed by atoms with Gasteiger partial charge < -0.3 is 5.32 Å². The maximum absolute atomic E-state index is 12.0. The first-order valence-corrected chi connectivity index (χ1v) is 10.4. The molecule has 0 radical (unpaired) electrons. The second-order valence-corrected chi connectivity index (χ2v) is 8.53. The molecule has 0 aromatic heterocycles. The van der Waals surface area contributed by atoms with E-state index < -0.39 is 10.0 Å². The van der Waals surface area contributed by atoms with Crippen LogP contribution in [-0.4, -0.2) is 21.4 Å². The predicted molar refractivity (Wildman–Crippen MR) is 95.8 cm³/mol. The summed E-state index contributed by atoms with van der Waals surface area (Å²) in [4.78, 5) is 12.0. The molecule has 0 saturated heterocycles. The number of carbonyl (C=O) groups is 1. The van der Waals surface area contributed by atoms with Gasteiger partial charge in [-0.2, -0.15) is 0 Å². The van der Waals surface area contributed by atoms with Gasteiger partial charge in [0.25, 0.3) is 0 Å². The van der Waals surface area contributed by atoms with Crippen molar-refractivity contribution in [1.29, 1.82) is 0 Å². The van der Waals surface area contributed by atoms with Gasteiger partial charge in [-0.1, -0.05) is 56.4 Å². The molecular formula is C18H28N2O3S. The Morgan fingerprint density at radius 3 is 2.33 bits per heavy atom. The lowest BCUT2D eigenvalue weighted by molar-refractivity contribution is -0.121. The summed E-state index contributed by atoms with van der Waals surface area (Å²) in [5.41, 5.74) is 1.71. The van der Waals surface area contributed by atoms with Gasteiger partial charge in [-0.05, 0) is 30.5 Å². The van der Waals surface area contributed by atoms with Crippen LogP contribution >= 0.6 is 0 Å². The standard InChI is InChI=1S/C18H28N2O3S/c1-19-24(22,23)14-17-9-7-16(8-10-17)13-20-18(21)12-11-15-5-3-2-4-6-15/h7-10,15,19H,2-6,11-14H2,1H3,(H,20,21). The monoisotopic (exact) mass is 352 g/mol. The average Bonchev–Trinajstić information content (AvgIpc) is 2.60. The SMILES string of the molecule is CNS(=O)(=O)Cc1ccc(CNC(=O)CCC2CCCCC2)cc1. The lowest BCUT2D eigenvalue weighted by Crippen LogP contribution is -2.23. The summed E-state index contributed by atoms with van der Waals surface area (Å²) in [5, 5.41) is 2.95. The highest BCUT2D eigenvalue weighted by Gasteiger charge is 2.14. The summed E-state index contributed by atoms with van der Waals surface area (Å²) in [5.74, 6) is 0.790. The Hall–Kier alpha value is -1.40. The van der Waals surface area contributed by atoms with Crippen molar-refractivity contribution in [2.45, 2.75) is 57.2 Å². The molecule has 1 fully saturated rings. The number of sulfonamides is 1. The van der Waals surface area contributed by atoms with Crippen LogP contribution in [0.3, 0.4) is 0 Å². The van der Waals surface area contributed by atoms with Crippen LogP contribution in [0.4, 0.5) is 0 Å². The highest BCUT2D eigenvalue weighted by Crippen LogP contribution is 2.27. The van der Waals surface area contributed by atoms with Gasteiger partial charge in [0.05, 0.1) is 5.75 Å². The van der Waals surface area contributed by atoms with E-state index in [-0.39, 0.29) is 11.7 Å². The average molecular weight is 353 g/mol. The molecule has 1 amide bonds. The van der Waals surface area contributed by atoms with Crippen molar-refractivity contribution in [2.24, 2.45) is 5.92 Å². The van der Waals surface area contributed by atoms with Crippen LogP contribution in [0.1, 0.15) is 56.1 Å². The summed E-state index contributed by atoms with van der Waals surface area (Å²) in [6.45, 7) is 0.489. The highest BCUT2D eigenvalue weighted by molar-refractivity contribution is 7.88. The van der Waals surface area contributed by atoms with Gasteiger partial charge >= 0.3 is 0 Å². The second-order valence-electron chi connectivity index (χ2n) is 6.60. The molecule has 24 heavy (non-hydrogen) atoms. The maximum Gasteiger partial charge on any atom is 0.220 e. The Balaban J connectivity index is 1.72. The number of benzene rings is 1. The Labute approximate surface area is 145 Å².